The quantitative estimate of drug-likeness (QED) is 0.844. The predicted octanol–water partition coefficient (Wildman–Crippen LogP) is 2.39. The average molecular weight is 284 g/mol. The minimum Gasteiger partial charge on any atom is -0.496 e. The van der Waals surface area contributed by atoms with Crippen molar-refractivity contribution in [3.8, 4) is 5.75 Å². The van der Waals surface area contributed by atoms with E-state index >= 15 is 0 Å². The van der Waals surface area contributed by atoms with Gasteiger partial charge in [0.25, 0.3) is 0 Å². The van der Waals surface area contributed by atoms with Crippen LogP contribution in [0.15, 0.2) is 22.7 Å². The van der Waals surface area contributed by atoms with Gasteiger partial charge in [-0.2, -0.15) is 0 Å². The fraction of sp³-hybridized carbons (Fsp3) is 0.417. The summed E-state index contributed by atoms with van der Waals surface area (Å²) in [5, 5.41) is 3.21. The van der Waals surface area contributed by atoms with Gasteiger partial charge in [0.2, 0.25) is 0 Å². The molecule has 1 saturated carbocycles. The lowest BCUT2D eigenvalue weighted by Crippen LogP contribution is -2.24. The minimum atomic E-state index is 0.121. The SMILES string of the molecule is COc1ccc(C(=O)CNC2CC2)cc1Br. The molecular formula is C12H14BrNO2. The number of halogens is 1. The van der Waals surface area contributed by atoms with E-state index in [0.29, 0.717) is 18.2 Å². The molecule has 1 fully saturated rings. The molecule has 0 spiro atoms. The maximum Gasteiger partial charge on any atom is 0.176 e. The van der Waals surface area contributed by atoms with E-state index in [0.717, 1.165) is 10.2 Å². The highest BCUT2D eigenvalue weighted by molar-refractivity contribution is 9.10. The summed E-state index contributed by atoms with van der Waals surface area (Å²) in [4.78, 5) is 11.8. The number of nitrogens with one attached hydrogen (secondary N) is 1. The molecule has 1 N–H and O–H groups in total. The number of hydrogen-bond acceptors (Lipinski definition) is 3. The fourth-order valence-electron chi connectivity index (χ4n) is 1.47. The molecule has 0 amide bonds. The Bertz CT molecular complexity index is 402. The molecular weight excluding hydrogens is 270 g/mol. The van der Waals surface area contributed by atoms with Gasteiger partial charge in [0, 0.05) is 11.6 Å². The van der Waals surface area contributed by atoms with Crippen LogP contribution in [-0.4, -0.2) is 25.5 Å². The van der Waals surface area contributed by atoms with E-state index in [1.165, 1.54) is 12.8 Å². The van der Waals surface area contributed by atoms with Crippen LogP contribution in [0.5, 0.6) is 5.75 Å². The highest BCUT2D eigenvalue weighted by atomic mass is 79.9. The number of Topliss-reactive ketones (excluding diaryl/α,β-unsaturated/α-hetero) is 1. The zero-order valence-electron chi connectivity index (χ0n) is 9.13. The summed E-state index contributed by atoms with van der Waals surface area (Å²) in [6, 6.07) is 5.95. The van der Waals surface area contributed by atoms with Crippen LogP contribution in [0.25, 0.3) is 0 Å². The summed E-state index contributed by atoms with van der Waals surface area (Å²) in [5.74, 6) is 0.863. The molecule has 0 heterocycles. The molecule has 1 aliphatic rings. The highest BCUT2D eigenvalue weighted by Gasteiger charge is 2.21. The Balaban J connectivity index is 2.01. The molecule has 0 aliphatic heterocycles. The van der Waals surface area contributed by atoms with Crippen molar-refractivity contribution in [1.82, 2.24) is 5.32 Å². The van der Waals surface area contributed by atoms with Crippen molar-refractivity contribution in [1.29, 1.82) is 0 Å². The first-order valence-electron chi connectivity index (χ1n) is 5.31. The smallest absolute Gasteiger partial charge is 0.176 e. The first kappa shape index (κ1) is 11.6. The zero-order valence-corrected chi connectivity index (χ0v) is 10.7. The monoisotopic (exact) mass is 283 g/mol. The molecule has 1 aromatic rings. The number of ether oxygens (including phenoxy) is 1. The maximum absolute atomic E-state index is 11.8. The number of carbonyl (C=O) groups excluding carboxylic acids is 1. The van der Waals surface area contributed by atoms with Gasteiger partial charge in [0.15, 0.2) is 5.78 Å². The third-order valence-electron chi connectivity index (χ3n) is 2.60. The van der Waals surface area contributed by atoms with E-state index in [2.05, 4.69) is 21.2 Å². The van der Waals surface area contributed by atoms with Crippen LogP contribution in [-0.2, 0) is 0 Å². The summed E-state index contributed by atoms with van der Waals surface area (Å²) in [6.45, 7) is 0.420. The Labute approximate surface area is 103 Å². The Morgan fingerprint density at radius 2 is 2.31 bits per heavy atom. The molecule has 0 radical (unpaired) electrons. The number of ketones is 1. The van der Waals surface area contributed by atoms with E-state index in [1.807, 2.05) is 0 Å². The van der Waals surface area contributed by atoms with Crippen LogP contribution in [0.3, 0.4) is 0 Å². The van der Waals surface area contributed by atoms with E-state index in [-0.39, 0.29) is 5.78 Å². The third kappa shape index (κ3) is 2.83. The van der Waals surface area contributed by atoms with Crippen molar-refractivity contribution < 1.29 is 9.53 Å². The molecule has 2 rings (SSSR count). The summed E-state index contributed by atoms with van der Waals surface area (Å²) in [5.41, 5.74) is 0.709. The Morgan fingerprint density at radius 3 is 2.88 bits per heavy atom. The second kappa shape index (κ2) is 4.97. The van der Waals surface area contributed by atoms with Gasteiger partial charge in [0.1, 0.15) is 5.75 Å². The topological polar surface area (TPSA) is 38.3 Å². The predicted molar refractivity (Wildman–Crippen MR) is 66.0 cm³/mol. The lowest BCUT2D eigenvalue weighted by molar-refractivity contribution is 0.0990. The molecule has 16 heavy (non-hydrogen) atoms. The molecule has 3 nitrogen and oxygen atoms in total. The van der Waals surface area contributed by atoms with Crippen molar-refractivity contribution in [3.63, 3.8) is 0 Å². The van der Waals surface area contributed by atoms with Crippen molar-refractivity contribution >= 4 is 21.7 Å². The molecule has 1 aliphatic carbocycles. The van der Waals surface area contributed by atoms with E-state index in [4.69, 9.17) is 4.74 Å². The van der Waals surface area contributed by atoms with Gasteiger partial charge in [-0.3, -0.25) is 4.79 Å². The number of carbonyl (C=O) groups is 1. The number of benzene rings is 1. The van der Waals surface area contributed by atoms with Gasteiger partial charge in [-0.25, -0.2) is 0 Å². The second-order valence-corrected chi connectivity index (χ2v) is 4.78. The third-order valence-corrected chi connectivity index (χ3v) is 3.22. The largest absolute Gasteiger partial charge is 0.496 e. The summed E-state index contributed by atoms with van der Waals surface area (Å²) in [6.07, 6.45) is 2.39. The van der Waals surface area contributed by atoms with Crippen molar-refractivity contribution in [2.24, 2.45) is 0 Å². The molecule has 1 aromatic carbocycles. The van der Waals surface area contributed by atoms with Crippen LogP contribution < -0.4 is 10.1 Å². The van der Waals surface area contributed by atoms with E-state index in [9.17, 15) is 4.79 Å². The van der Waals surface area contributed by atoms with Crippen LogP contribution in [0.4, 0.5) is 0 Å². The van der Waals surface area contributed by atoms with Crippen LogP contribution in [0.1, 0.15) is 23.2 Å². The number of hydrogen-bond donors (Lipinski definition) is 1. The van der Waals surface area contributed by atoms with Gasteiger partial charge in [-0.15, -0.1) is 0 Å². The minimum absolute atomic E-state index is 0.121. The van der Waals surface area contributed by atoms with Gasteiger partial charge < -0.3 is 10.1 Å². The summed E-state index contributed by atoms with van der Waals surface area (Å²) < 4.78 is 5.93. The highest BCUT2D eigenvalue weighted by Crippen LogP contribution is 2.25. The Kier molecular flexibility index (Phi) is 3.61. The van der Waals surface area contributed by atoms with Crippen molar-refractivity contribution in [3.05, 3.63) is 28.2 Å². The fourth-order valence-corrected chi connectivity index (χ4v) is 2.01. The zero-order chi connectivity index (χ0) is 11.5. The maximum atomic E-state index is 11.8. The molecule has 0 unspecified atom stereocenters. The van der Waals surface area contributed by atoms with Crippen LogP contribution in [0, 0.1) is 0 Å². The number of rotatable bonds is 5. The van der Waals surface area contributed by atoms with E-state index in [1.54, 1.807) is 25.3 Å². The van der Waals surface area contributed by atoms with Crippen LogP contribution >= 0.6 is 15.9 Å². The lowest BCUT2D eigenvalue weighted by Gasteiger charge is -2.06. The van der Waals surface area contributed by atoms with Gasteiger partial charge in [-0.05, 0) is 47.0 Å². The molecule has 0 bridgehead atoms. The first-order valence-corrected chi connectivity index (χ1v) is 6.10. The number of methoxy groups -OCH3 is 1. The summed E-state index contributed by atoms with van der Waals surface area (Å²) >= 11 is 3.37. The molecule has 86 valence electrons. The Hall–Kier alpha value is -0.870. The van der Waals surface area contributed by atoms with Gasteiger partial charge >= 0.3 is 0 Å². The second-order valence-electron chi connectivity index (χ2n) is 3.93. The van der Waals surface area contributed by atoms with Crippen LogP contribution in [0.2, 0.25) is 0 Å². The molecule has 0 saturated heterocycles. The Morgan fingerprint density at radius 1 is 1.56 bits per heavy atom. The average Bonchev–Trinajstić information content (AvgIpc) is 3.09. The standard InChI is InChI=1S/C12H14BrNO2/c1-16-12-5-2-8(6-10(12)13)11(15)7-14-9-3-4-9/h2,5-6,9,14H,3-4,7H2,1H3. The van der Waals surface area contributed by atoms with E-state index < -0.39 is 0 Å². The lowest BCUT2D eigenvalue weighted by atomic mass is 10.1. The van der Waals surface area contributed by atoms with Gasteiger partial charge in [-0.1, -0.05) is 0 Å². The molecule has 0 aromatic heterocycles. The molecule has 4 heteroatoms. The van der Waals surface area contributed by atoms with Crippen molar-refractivity contribution in [2.45, 2.75) is 18.9 Å². The van der Waals surface area contributed by atoms with Crippen molar-refractivity contribution in [2.75, 3.05) is 13.7 Å². The normalized spacial score (nSPS) is 14.9. The molecule has 0 atom stereocenters. The van der Waals surface area contributed by atoms with Gasteiger partial charge in [0.05, 0.1) is 18.1 Å². The summed E-state index contributed by atoms with van der Waals surface area (Å²) in [7, 11) is 1.61. The first-order chi connectivity index (χ1) is 7.70.